The van der Waals surface area contributed by atoms with Crippen molar-refractivity contribution in [1.29, 1.82) is 0 Å². The molecule has 4 N–H and O–H groups in total. The minimum Gasteiger partial charge on any atom is -0.352 e. The number of carbonyl (C=O) groups excluding carboxylic acids is 1. The molecule has 0 unspecified atom stereocenters. The van der Waals surface area contributed by atoms with Crippen molar-refractivity contribution in [3.63, 3.8) is 0 Å². The van der Waals surface area contributed by atoms with Crippen molar-refractivity contribution in [1.82, 2.24) is 20.2 Å². The zero-order valence-electron chi connectivity index (χ0n) is 6.99. The molecule has 0 aromatic carbocycles. The van der Waals surface area contributed by atoms with Gasteiger partial charge >= 0.3 is 6.03 Å². The summed E-state index contributed by atoms with van der Waals surface area (Å²) in [5.41, 5.74) is 5.78. The second-order valence-electron chi connectivity index (χ2n) is 2.36. The van der Waals surface area contributed by atoms with Crippen LogP contribution >= 0.6 is 11.5 Å². The smallest absolute Gasteiger partial charge is 0.312 e. The molecule has 2 amide bonds. The van der Waals surface area contributed by atoms with Crippen molar-refractivity contribution < 1.29 is 4.79 Å². The fraction of sp³-hybridized carbons (Fsp3) is 0.500. The van der Waals surface area contributed by atoms with Crippen LogP contribution in [-0.2, 0) is 6.54 Å². The topological polar surface area (TPSA) is 92.9 Å². The van der Waals surface area contributed by atoms with Crippen LogP contribution in [0.3, 0.4) is 0 Å². The maximum absolute atomic E-state index is 10.3. The van der Waals surface area contributed by atoms with Crippen LogP contribution in [0, 0.1) is 0 Å². The molecule has 0 atom stereocenters. The highest BCUT2D eigenvalue weighted by Gasteiger charge is 1.95. The maximum atomic E-state index is 10.3. The molecule has 72 valence electrons. The lowest BCUT2D eigenvalue weighted by atomic mass is 10.5. The van der Waals surface area contributed by atoms with E-state index in [9.17, 15) is 4.79 Å². The maximum Gasteiger partial charge on any atom is 0.312 e. The quantitative estimate of drug-likeness (QED) is 0.549. The van der Waals surface area contributed by atoms with Gasteiger partial charge in [0.25, 0.3) is 0 Å². The van der Waals surface area contributed by atoms with Crippen LogP contribution in [0.5, 0.6) is 0 Å². The number of nitrogens with two attached hydrogens (primary N) is 1. The van der Waals surface area contributed by atoms with Crippen LogP contribution in [0.15, 0.2) is 5.38 Å². The first-order valence-electron chi connectivity index (χ1n) is 3.79. The molecule has 0 radical (unpaired) electrons. The van der Waals surface area contributed by atoms with Crippen molar-refractivity contribution in [3.05, 3.63) is 11.1 Å². The van der Waals surface area contributed by atoms with E-state index in [1.54, 1.807) is 0 Å². The zero-order valence-corrected chi connectivity index (χ0v) is 7.80. The Hall–Kier alpha value is -1.21. The van der Waals surface area contributed by atoms with Crippen molar-refractivity contribution in [3.8, 4) is 0 Å². The number of nitrogens with zero attached hydrogens (tertiary/aromatic N) is 2. The molecule has 0 bridgehead atoms. The fourth-order valence-corrected chi connectivity index (χ4v) is 1.20. The Morgan fingerprint density at radius 3 is 3.08 bits per heavy atom. The van der Waals surface area contributed by atoms with Crippen LogP contribution in [0.2, 0.25) is 0 Å². The van der Waals surface area contributed by atoms with E-state index in [1.807, 2.05) is 5.38 Å². The lowest BCUT2D eigenvalue weighted by molar-refractivity contribution is 0.249. The van der Waals surface area contributed by atoms with Crippen molar-refractivity contribution in [2.45, 2.75) is 6.54 Å². The highest BCUT2D eigenvalue weighted by Crippen LogP contribution is 1.94. The van der Waals surface area contributed by atoms with Gasteiger partial charge in [0.15, 0.2) is 0 Å². The van der Waals surface area contributed by atoms with E-state index in [0.29, 0.717) is 19.6 Å². The monoisotopic (exact) mass is 201 g/mol. The molecule has 6 nitrogen and oxygen atoms in total. The summed E-state index contributed by atoms with van der Waals surface area (Å²) in [4.78, 5) is 10.3. The van der Waals surface area contributed by atoms with Crippen LogP contribution in [-0.4, -0.2) is 28.7 Å². The number of aromatic nitrogens is 2. The Kier molecular flexibility index (Phi) is 4.13. The van der Waals surface area contributed by atoms with E-state index in [2.05, 4.69) is 20.2 Å². The summed E-state index contributed by atoms with van der Waals surface area (Å²) in [7, 11) is 0. The number of primary amides is 1. The normalized spacial score (nSPS) is 9.85. The molecule has 0 aliphatic heterocycles. The molecular weight excluding hydrogens is 190 g/mol. The number of nitrogens with one attached hydrogen (secondary N) is 2. The number of hydrogen-bond acceptors (Lipinski definition) is 5. The zero-order chi connectivity index (χ0) is 9.52. The van der Waals surface area contributed by atoms with Gasteiger partial charge in [-0.15, -0.1) is 5.10 Å². The second-order valence-corrected chi connectivity index (χ2v) is 2.97. The molecule has 1 rings (SSSR count). The third-order valence-corrected chi connectivity index (χ3v) is 1.87. The average molecular weight is 201 g/mol. The largest absolute Gasteiger partial charge is 0.352 e. The summed E-state index contributed by atoms with van der Waals surface area (Å²) >= 11 is 1.32. The number of urea groups is 1. The second kappa shape index (κ2) is 5.44. The van der Waals surface area contributed by atoms with Crippen LogP contribution in [0.4, 0.5) is 4.79 Å². The Balaban J connectivity index is 1.99. The van der Waals surface area contributed by atoms with Gasteiger partial charge in [-0.3, -0.25) is 0 Å². The minimum absolute atomic E-state index is 0.503. The van der Waals surface area contributed by atoms with Gasteiger partial charge in [-0.25, -0.2) is 4.79 Å². The number of amides is 2. The fourth-order valence-electron chi connectivity index (χ4n) is 0.752. The highest BCUT2D eigenvalue weighted by molar-refractivity contribution is 7.03. The number of rotatable bonds is 5. The lowest BCUT2D eigenvalue weighted by Gasteiger charge is -2.02. The summed E-state index contributed by atoms with van der Waals surface area (Å²) in [5.74, 6) is 0. The van der Waals surface area contributed by atoms with E-state index in [4.69, 9.17) is 5.73 Å². The van der Waals surface area contributed by atoms with Gasteiger partial charge < -0.3 is 16.4 Å². The molecule has 13 heavy (non-hydrogen) atoms. The Labute approximate surface area is 79.7 Å². The number of hydrogen-bond donors (Lipinski definition) is 3. The minimum atomic E-state index is -0.503. The summed E-state index contributed by atoms with van der Waals surface area (Å²) in [6.45, 7) is 1.85. The van der Waals surface area contributed by atoms with Crippen molar-refractivity contribution in [2.75, 3.05) is 13.1 Å². The summed E-state index contributed by atoms with van der Waals surface area (Å²) in [6.07, 6.45) is 0. The van der Waals surface area contributed by atoms with E-state index in [-0.39, 0.29) is 0 Å². The predicted octanol–water partition coefficient (Wildman–Crippen LogP) is -0.704. The third kappa shape index (κ3) is 4.38. The van der Waals surface area contributed by atoms with Crippen LogP contribution in [0.25, 0.3) is 0 Å². The van der Waals surface area contributed by atoms with Gasteiger partial charge in [-0.1, -0.05) is 4.49 Å². The predicted molar refractivity (Wildman–Crippen MR) is 49.2 cm³/mol. The van der Waals surface area contributed by atoms with Crippen LogP contribution < -0.4 is 16.4 Å². The van der Waals surface area contributed by atoms with Gasteiger partial charge in [0, 0.05) is 25.0 Å². The van der Waals surface area contributed by atoms with E-state index in [1.165, 1.54) is 11.5 Å². The summed E-state index contributed by atoms with van der Waals surface area (Å²) in [6, 6.07) is -0.503. The van der Waals surface area contributed by atoms with Gasteiger partial charge in [-0.05, 0) is 11.5 Å². The molecule has 7 heteroatoms. The van der Waals surface area contributed by atoms with E-state index in [0.717, 1.165) is 5.69 Å². The van der Waals surface area contributed by atoms with Crippen molar-refractivity contribution >= 4 is 17.6 Å². The Bertz CT molecular complexity index is 250. The molecule has 0 spiro atoms. The first kappa shape index (κ1) is 9.87. The molecule has 1 aromatic heterocycles. The molecule has 0 saturated carbocycles. The molecular formula is C6H11N5OS. The third-order valence-electron chi connectivity index (χ3n) is 1.31. The Morgan fingerprint density at radius 1 is 1.62 bits per heavy atom. The van der Waals surface area contributed by atoms with Gasteiger partial charge in [0.2, 0.25) is 0 Å². The number of carbonyl (C=O) groups is 1. The molecule has 0 fully saturated rings. The SMILES string of the molecule is NC(=O)NCCNCc1csnn1. The lowest BCUT2D eigenvalue weighted by Crippen LogP contribution is -2.35. The van der Waals surface area contributed by atoms with E-state index >= 15 is 0 Å². The average Bonchev–Trinajstić information content (AvgIpc) is 2.55. The molecule has 1 heterocycles. The van der Waals surface area contributed by atoms with Crippen molar-refractivity contribution in [2.24, 2.45) is 5.73 Å². The Morgan fingerprint density at radius 2 is 2.46 bits per heavy atom. The van der Waals surface area contributed by atoms with Crippen LogP contribution in [0.1, 0.15) is 5.69 Å². The highest BCUT2D eigenvalue weighted by atomic mass is 32.1. The van der Waals surface area contributed by atoms with E-state index < -0.39 is 6.03 Å². The summed E-state index contributed by atoms with van der Waals surface area (Å²) < 4.78 is 3.71. The van der Waals surface area contributed by atoms with Gasteiger partial charge in [0.05, 0.1) is 5.69 Å². The first-order valence-corrected chi connectivity index (χ1v) is 4.62. The molecule has 0 aliphatic carbocycles. The van der Waals surface area contributed by atoms with Gasteiger partial charge in [0.1, 0.15) is 0 Å². The first-order chi connectivity index (χ1) is 6.29. The molecule has 0 saturated heterocycles. The standard InChI is InChI=1S/C6H11N5OS/c7-6(12)9-2-1-8-3-5-4-13-11-10-5/h4,8H,1-3H2,(H3,7,9,12). The molecule has 0 aliphatic rings. The van der Waals surface area contributed by atoms with Gasteiger partial charge in [-0.2, -0.15) is 0 Å². The molecule has 1 aromatic rings. The summed E-state index contributed by atoms with van der Waals surface area (Å²) in [5, 5.41) is 11.3.